The zero-order valence-electron chi connectivity index (χ0n) is 21.4. The van der Waals surface area contributed by atoms with E-state index >= 15 is 0 Å². The van der Waals surface area contributed by atoms with Gasteiger partial charge >= 0.3 is 0 Å². The van der Waals surface area contributed by atoms with E-state index in [1.54, 1.807) is 0 Å². The second-order valence-electron chi connectivity index (χ2n) is 10.1. The third-order valence-electron chi connectivity index (χ3n) is 7.78. The van der Waals surface area contributed by atoms with E-state index in [1.807, 2.05) is 55.5 Å². The molecule has 35 heavy (non-hydrogen) atoms. The maximum atomic E-state index is 10.8. The minimum atomic E-state index is -1.09. The lowest BCUT2D eigenvalue weighted by Gasteiger charge is -2.48. The van der Waals surface area contributed by atoms with E-state index in [4.69, 9.17) is 23.7 Å². The van der Waals surface area contributed by atoms with E-state index in [0.717, 1.165) is 11.1 Å². The topological polar surface area (TPSA) is 66.4 Å². The number of aliphatic hydroxyl groups is 1. The molecule has 6 heteroatoms. The van der Waals surface area contributed by atoms with Gasteiger partial charge in [0.15, 0.2) is 12.6 Å². The number of rotatable bonds is 8. The summed E-state index contributed by atoms with van der Waals surface area (Å²) in [6, 6.07) is 20.1. The highest BCUT2D eigenvalue weighted by Gasteiger charge is 2.48. The van der Waals surface area contributed by atoms with Crippen molar-refractivity contribution in [2.45, 2.75) is 90.9 Å². The van der Waals surface area contributed by atoms with Crippen LogP contribution in [0.25, 0.3) is 0 Å². The van der Waals surface area contributed by atoms with Crippen LogP contribution < -0.4 is 0 Å². The van der Waals surface area contributed by atoms with Crippen molar-refractivity contribution in [1.82, 2.24) is 0 Å². The van der Waals surface area contributed by atoms with Gasteiger partial charge in [0.1, 0.15) is 12.2 Å². The van der Waals surface area contributed by atoms with Gasteiger partial charge in [-0.15, -0.1) is 0 Å². The Kier molecular flexibility index (Phi) is 8.97. The molecule has 6 nitrogen and oxygen atoms in total. The second-order valence-corrected chi connectivity index (χ2v) is 10.1. The normalized spacial score (nSPS) is 37.8. The summed E-state index contributed by atoms with van der Waals surface area (Å²) < 4.78 is 31.5. The molecule has 0 saturated carbocycles. The molecule has 4 rings (SSSR count). The fourth-order valence-electron chi connectivity index (χ4n) is 4.94. The number of benzene rings is 2. The molecule has 0 aliphatic carbocycles. The van der Waals surface area contributed by atoms with Gasteiger partial charge in [-0.3, -0.25) is 0 Å². The van der Waals surface area contributed by atoms with Crippen molar-refractivity contribution >= 4 is 0 Å². The van der Waals surface area contributed by atoms with Gasteiger partial charge in [0.2, 0.25) is 0 Å². The van der Waals surface area contributed by atoms with E-state index in [1.165, 1.54) is 0 Å². The molecular weight excluding hydrogens is 444 g/mol. The summed E-state index contributed by atoms with van der Waals surface area (Å²) in [7, 11) is 0. The van der Waals surface area contributed by atoms with Gasteiger partial charge in [0.25, 0.3) is 0 Å². The van der Waals surface area contributed by atoms with Crippen LogP contribution in [0.2, 0.25) is 0 Å². The smallest absolute Gasteiger partial charge is 0.184 e. The summed E-state index contributed by atoms with van der Waals surface area (Å²) in [5.74, 6) is 0.536. The summed E-state index contributed by atoms with van der Waals surface area (Å²) in [6.07, 6.45) is -3.15. The van der Waals surface area contributed by atoms with Crippen molar-refractivity contribution in [2.75, 3.05) is 0 Å². The van der Waals surface area contributed by atoms with Crippen molar-refractivity contribution in [3.63, 3.8) is 0 Å². The summed E-state index contributed by atoms with van der Waals surface area (Å²) in [5.41, 5.74) is 2.14. The van der Waals surface area contributed by atoms with Crippen LogP contribution in [0.4, 0.5) is 0 Å². The average Bonchev–Trinajstić information content (AvgIpc) is 2.86. The molecule has 2 fully saturated rings. The van der Waals surface area contributed by atoms with Gasteiger partial charge in [0.05, 0.1) is 31.5 Å². The molecule has 0 amide bonds. The summed E-state index contributed by atoms with van der Waals surface area (Å²) in [6.45, 7) is 11.3. The Balaban J connectivity index is 1.51. The zero-order valence-corrected chi connectivity index (χ0v) is 21.4. The lowest BCUT2D eigenvalue weighted by Crippen LogP contribution is -2.59. The molecule has 0 radical (unpaired) electrons. The summed E-state index contributed by atoms with van der Waals surface area (Å²) in [4.78, 5) is 0. The first-order chi connectivity index (χ1) is 16.8. The molecule has 0 aromatic heterocycles. The van der Waals surface area contributed by atoms with Gasteiger partial charge in [0, 0.05) is 5.92 Å². The maximum Gasteiger partial charge on any atom is 0.184 e. The van der Waals surface area contributed by atoms with Crippen molar-refractivity contribution in [2.24, 2.45) is 17.8 Å². The Hall–Kier alpha value is -1.80. The van der Waals surface area contributed by atoms with E-state index < -0.39 is 24.8 Å². The second kappa shape index (κ2) is 12.0. The molecule has 192 valence electrons. The summed E-state index contributed by atoms with van der Waals surface area (Å²) in [5, 5.41) is 10.8. The number of hydrogen-bond donors (Lipinski definition) is 1. The Morgan fingerprint density at radius 1 is 0.629 bits per heavy atom. The van der Waals surface area contributed by atoms with Crippen molar-refractivity contribution in [1.29, 1.82) is 0 Å². The highest BCUT2D eigenvalue weighted by atomic mass is 16.7. The molecule has 2 aromatic carbocycles. The molecule has 10 atom stereocenters. The minimum Gasteiger partial charge on any atom is -0.368 e. The standard InChI is InChI=1S/C29H40O6/c1-18-19(2)26(31-16-23-12-8-6-9-13-23)29(34-21(18)4)35-25-20(3)22(5)33-28(30)27(25)32-17-24-14-10-7-11-15-24/h6-15,18-22,25-30H,16-17H2,1-5H3. The minimum absolute atomic E-state index is 0.0116. The molecule has 10 unspecified atom stereocenters. The molecular formula is C29H40O6. The van der Waals surface area contributed by atoms with Crippen LogP contribution in [-0.2, 0) is 36.9 Å². The molecule has 2 aliphatic rings. The average molecular weight is 485 g/mol. The molecule has 2 saturated heterocycles. The highest BCUT2D eigenvalue weighted by Crippen LogP contribution is 2.37. The van der Waals surface area contributed by atoms with Gasteiger partial charge in [-0.1, -0.05) is 81.4 Å². The first kappa shape index (κ1) is 26.3. The van der Waals surface area contributed by atoms with Crippen LogP contribution in [0.3, 0.4) is 0 Å². The largest absolute Gasteiger partial charge is 0.368 e. The maximum absolute atomic E-state index is 10.8. The lowest BCUT2D eigenvalue weighted by atomic mass is 9.83. The molecule has 2 heterocycles. The third-order valence-corrected chi connectivity index (χ3v) is 7.78. The molecule has 0 bridgehead atoms. The van der Waals surface area contributed by atoms with Gasteiger partial charge < -0.3 is 28.8 Å². The van der Waals surface area contributed by atoms with Crippen LogP contribution in [-0.4, -0.2) is 48.2 Å². The van der Waals surface area contributed by atoms with E-state index in [2.05, 4.69) is 39.8 Å². The van der Waals surface area contributed by atoms with Gasteiger partial charge in [-0.25, -0.2) is 0 Å². The fraction of sp³-hybridized carbons (Fsp3) is 0.586. The predicted octanol–water partition coefficient (Wildman–Crippen LogP) is 4.93. The predicted molar refractivity (Wildman–Crippen MR) is 133 cm³/mol. The number of hydrogen-bond acceptors (Lipinski definition) is 6. The molecule has 1 N–H and O–H groups in total. The lowest BCUT2D eigenvalue weighted by molar-refractivity contribution is -0.343. The SMILES string of the molecule is CC1OC(OC2C(C)C(C)OC(O)C2OCc2ccccc2)C(OCc2ccccc2)C(C)C1C. The fourth-order valence-corrected chi connectivity index (χ4v) is 4.94. The van der Waals surface area contributed by atoms with E-state index in [0.29, 0.717) is 19.1 Å². The highest BCUT2D eigenvalue weighted by molar-refractivity contribution is 5.14. The van der Waals surface area contributed by atoms with Crippen LogP contribution in [0, 0.1) is 17.8 Å². The monoisotopic (exact) mass is 484 g/mol. The quantitative estimate of drug-likeness (QED) is 0.573. The molecule has 2 aromatic rings. The number of ether oxygens (including phenoxy) is 5. The van der Waals surface area contributed by atoms with Crippen molar-refractivity contribution in [3.8, 4) is 0 Å². The van der Waals surface area contributed by atoms with Gasteiger partial charge in [-0.05, 0) is 36.8 Å². The van der Waals surface area contributed by atoms with E-state index in [-0.39, 0.29) is 30.1 Å². The first-order valence-electron chi connectivity index (χ1n) is 12.8. The Morgan fingerprint density at radius 3 is 1.71 bits per heavy atom. The van der Waals surface area contributed by atoms with Crippen LogP contribution >= 0.6 is 0 Å². The van der Waals surface area contributed by atoms with E-state index in [9.17, 15) is 5.11 Å². The number of aliphatic hydroxyl groups excluding tert-OH is 1. The van der Waals surface area contributed by atoms with Crippen LogP contribution in [0.5, 0.6) is 0 Å². The van der Waals surface area contributed by atoms with Crippen LogP contribution in [0.1, 0.15) is 45.7 Å². The Morgan fingerprint density at radius 2 is 1.14 bits per heavy atom. The zero-order chi connectivity index (χ0) is 24.9. The van der Waals surface area contributed by atoms with Gasteiger partial charge in [-0.2, -0.15) is 0 Å². The molecule has 2 aliphatic heterocycles. The first-order valence-corrected chi connectivity index (χ1v) is 12.8. The Labute approximate surface area is 209 Å². The molecule has 0 spiro atoms. The van der Waals surface area contributed by atoms with Crippen LogP contribution in [0.15, 0.2) is 60.7 Å². The summed E-state index contributed by atoms with van der Waals surface area (Å²) >= 11 is 0. The Bertz CT molecular complexity index is 893. The third kappa shape index (κ3) is 6.31. The van der Waals surface area contributed by atoms with Crippen molar-refractivity contribution < 1.29 is 28.8 Å². The van der Waals surface area contributed by atoms with Crippen molar-refractivity contribution in [3.05, 3.63) is 71.8 Å².